The van der Waals surface area contributed by atoms with E-state index in [0.29, 0.717) is 0 Å². The van der Waals surface area contributed by atoms with Crippen LogP contribution in [0.1, 0.15) is 64.3 Å². The van der Waals surface area contributed by atoms with Crippen LogP contribution in [-0.2, 0) is 11.8 Å². The number of oxazole rings is 1. The molecular formula is C20H30N2O. The molecule has 2 aromatic rings. The summed E-state index contributed by atoms with van der Waals surface area (Å²) in [6.45, 7) is 10.5. The summed E-state index contributed by atoms with van der Waals surface area (Å²) in [5.41, 5.74) is 3.39. The Balaban J connectivity index is 1.54. The van der Waals surface area contributed by atoms with Crippen molar-refractivity contribution in [1.82, 2.24) is 9.88 Å². The highest BCUT2D eigenvalue weighted by atomic mass is 16.3. The lowest BCUT2D eigenvalue weighted by Gasteiger charge is -2.26. The Labute approximate surface area is 140 Å². The van der Waals surface area contributed by atoms with E-state index < -0.39 is 0 Å². The summed E-state index contributed by atoms with van der Waals surface area (Å²) in [5, 5.41) is 0. The summed E-state index contributed by atoms with van der Waals surface area (Å²) < 4.78 is 5.90. The molecule has 1 fully saturated rings. The van der Waals surface area contributed by atoms with Crippen molar-refractivity contribution in [1.29, 1.82) is 0 Å². The molecule has 0 N–H and O–H groups in total. The fourth-order valence-electron chi connectivity index (χ4n) is 3.34. The molecule has 0 saturated carbocycles. The minimum Gasteiger partial charge on any atom is -0.441 e. The van der Waals surface area contributed by atoms with E-state index in [1.54, 1.807) is 0 Å². The lowest BCUT2D eigenvalue weighted by Crippen LogP contribution is -2.30. The van der Waals surface area contributed by atoms with Gasteiger partial charge in [0, 0.05) is 6.42 Å². The van der Waals surface area contributed by atoms with Crippen molar-refractivity contribution in [2.24, 2.45) is 0 Å². The number of hydrogen-bond acceptors (Lipinski definition) is 3. The van der Waals surface area contributed by atoms with Gasteiger partial charge >= 0.3 is 0 Å². The van der Waals surface area contributed by atoms with Gasteiger partial charge in [0.2, 0.25) is 0 Å². The maximum atomic E-state index is 5.90. The Morgan fingerprint density at radius 2 is 1.87 bits per heavy atom. The van der Waals surface area contributed by atoms with Crippen LogP contribution < -0.4 is 0 Å². The quantitative estimate of drug-likeness (QED) is 0.732. The van der Waals surface area contributed by atoms with Crippen LogP contribution in [0.15, 0.2) is 22.6 Å². The normalized spacial score (nSPS) is 17.0. The summed E-state index contributed by atoms with van der Waals surface area (Å²) in [5.74, 6) is 0.893. The van der Waals surface area contributed by atoms with Gasteiger partial charge in [0.15, 0.2) is 11.5 Å². The summed E-state index contributed by atoms with van der Waals surface area (Å²) >= 11 is 0. The van der Waals surface area contributed by atoms with E-state index in [9.17, 15) is 0 Å². The summed E-state index contributed by atoms with van der Waals surface area (Å²) in [7, 11) is 0. The molecule has 3 rings (SSSR count). The molecule has 126 valence electrons. The lowest BCUT2D eigenvalue weighted by molar-refractivity contribution is 0.224. The monoisotopic (exact) mass is 314 g/mol. The van der Waals surface area contributed by atoms with E-state index in [1.165, 1.54) is 50.9 Å². The average molecular weight is 314 g/mol. The van der Waals surface area contributed by atoms with E-state index in [-0.39, 0.29) is 5.41 Å². The second-order valence-corrected chi connectivity index (χ2v) is 7.90. The van der Waals surface area contributed by atoms with Crippen LogP contribution in [0.2, 0.25) is 0 Å². The number of rotatable bonds is 5. The van der Waals surface area contributed by atoms with Gasteiger partial charge in [0.05, 0.1) is 0 Å². The van der Waals surface area contributed by atoms with Gasteiger partial charge in [-0.3, -0.25) is 0 Å². The predicted octanol–water partition coefficient (Wildman–Crippen LogP) is 4.93. The molecule has 0 atom stereocenters. The zero-order chi connectivity index (χ0) is 16.3. The van der Waals surface area contributed by atoms with Crippen molar-refractivity contribution in [2.45, 2.75) is 64.7 Å². The van der Waals surface area contributed by atoms with Crippen LogP contribution >= 0.6 is 0 Å². The van der Waals surface area contributed by atoms with Crippen molar-refractivity contribution in [2.75, 3.05) is 19.6 Å². The van der Waals surface area contributed by atoms with Crippen molar-refractivity contribution < 1.29 is 4.42 Å². The number of aryl methyl sites for hydroxylation is 1. The molecule has 3 nitrogen and oxygen atoms in total. The largest absolute Gasteiger partial charge is 0.441 e. The highest BCUT2D eigenvalue weighted by Gasteiger charge is 2.16. The molecule has 0 spiro atoms. The van der Waals surface area contributed by atoms with Gasteiger partial charge in [-0.1, -0.05) is 33.3 Å². The molecule has 1 aromatic carbocycles. The van der Waals surface area contributed by atoms with Crippen molar-refractivity contribution in [3.8, 4) is 0 Å². The van der Waals surface area contributed by atoms with Gasteiger partial charge in [-0.15, -0.1) is 0 Å². The molecule has 0 radical (unpaired) electrons. The third-order valence-electron chi connectivity index (χ3n) is 4.86. The Bertz CT molecular complexity index is 633. The second kappa shape index (κ2) is 7.04. The number of likely N-dealkylation sites (tertiary alicyclic amines) is 1. The molecule has 23 heavy (non-hydrogen) atoms. The van der Waals surface area contributed by atoms with Crippen LogP contribution in [-0.4, -0.2) is 29.5 Å². The molecule has 0 bridgehead atoms. The summed E-state index contributed by atoms with van der Waals surface area (Å²) in [6.07, 6.45) is 7.52. The van der Waals surface area contributed by atoms with Gasteiger partial charge in [0.25, 0.3) is 0 Å². The summed E-state index contributed by atoms with van der Waals surface area (Å²) in [6, 6.07) is 6.41. The van der Waals surface area contributed by atoms with Crippen LogP contribution in [0.3, 0.4) is 0 Å². The molecule has 1 aliphatic heterocycles. The number of piperidine rings is 1. The minimum absolute atomic E-state index is 0.155. The number of unbranched alkanes of at least 4 members (excludes halogenated alkanes) is 1. The standard InChI is InChI=1S/C20H30N2O/c1-20(2,3)16-10-11-18-17(15-16)21-19(23-18)9-5-8-14-22-12-6-4-7-13-22/h10-11,15H,4-9,12-14H2,1-3H3. The number of aromatic nitrogens is 1. The molecule has 0 amide bonds. The highest BCUT2D eigenvalue weighted by molar-refractivity contribution is 5.73. The van der Waals surface area contributed by atoms with Crippen molar-refractivity contribution >= 4 is 11.1 Å². The van der Waals surface area contributed by atoms with E-state index in [4.69, 9.17) is 9.40 Å². The zero-order valence-corrected chi connectivity index (χ0v) is 14.9. The maximum absolute atomic E-state index is 5.90. The van der Waals surface area contributed by atoms with Gasteiger partial charge in [-0.25, -0.2) is 4.98 Å². The maximum Gasteiger partial charge on any atom is 0.195 e. The first-order valence-electron chi connectivity index (χ1n) is 9.15. The van der Waals surface area contributed by atoms with E-state index in [1.807, 2.05) is 0 Å². The summed E-state index contributed by atoms with van der Waals surface area (Å²) in [4.78, 5) is 7.29. The molecule has 1 aromatic heterocycles. The van der Waals surface area contributed by atoms with Crippen LogP contribution in [0, 0.1) is 0 Å². The highest BCUT2D eigenvalue weighted by Crippen LogP contribution is 2.26. The third kappa shape index (κ3) is 4.35. The van der Waals surface area contributed by atoms with E-state index in [0.717, 1.165) is 29.8 Å². The topological polar surface area (TPSA) is 29.3 Å². The number of hydrogen-bond donors (Lipinski definition) is 0. The Morgan fingerprint density at radius 1 is 1.09 bits per heavy atom. The molecule has 0 aliphatic carbocycles. The Hall–Kier alpha value is -1.35. The smallest absolute Gasteiger partial charge is 0.195 e. The van der Waals surface area contributed by atoms with Gasteiger partial charge < -0.3 is 9.32 Å². The Kier molecular flexibility index (Phi) is 5.05. The molecule has 2 heterocycles. The van der Waals surface area contributed by atoms with Crippen molar-refractivity contribution in [3.05, 3.63) is 29.7 Å². The minimum atomic E-state index is 0.155. The van der Waals surface area contributed by atoms with Crippen LogP contribution in [0.4, 0.5) is 0 Å². The van der Waals surface area contributed by atoms with Crippen molar-refractivity contribution in [3.63, 3.8) is 0 Å². The zero-order valence-electron chi connectivity index (χ0n) is 14.9. The van der Waals surface area contributed by atoms with E-state index in [2.05, 4.69) is 43.9 Å². The first kappa shape index (κ1) is 16.5. The molecule has 3 heteroatoms. The number of fused-ring (bicyclic) bond motifs is 1. The first-order valence-corrected chi connectivity index (χ1v) is 9.15. The molecular weight excluding hydrogens is 284 g/mol. The molecule has 0 unspecified atom stereocenters. The SMILES string of the molecule is CC(C)(C)c1ccc2oc(CCCCN3CCCCC3)nc2c1. The van der Waals surface area contributed by atoms with Crippen LogP contribution in [0.5, 0.6) is 0 Å². The van der Waals surface area contributed by atoms with E-state index >= 15 is 0 Å². The predicted molar refractivity (Wildman–Crippen MR) is 95.9 cm³/mol. The lowest BCUT2D eigenvalue weighted by atomic mass is 9.87. The Morgan fingerprint density at radius 3 is 2.61 bits per heavy atom. The van der Waals surface area contributed by atoms with Crippen LogP contribution in [0.25, 0.3) is 11.1 Å². The van der Waals surface area contributed by atoms with Gasteiger partial charge in [-0.2, -0.15) is 0 Å². The third-order valence-corrected chi connectivity index (χ3v) is 4.86. The molecule has 1 aliphatic rings. The second-order valence-electron chi connectivity index (χ2n) is 7.90. The average Bonchev–Trinajstić information content (AvgIpc) is 2.93. The first-order chi connectivity index (χ1) is 11.0. The fraction of sp³-hybridized carbons (Fsp3) is 0.650. The number of nitrogens with zero attached hydrogens (tertiary/aromatic N) is 2. The fourth-order valence-corrected chi connectivity index (χ4v) is 3.34. The number of benzene rings is 1. The van der Waals surface area contributed by atoms with Gasteiger partial charge in [-0.05, 0) is 68.4 Å². The van der Waals surface area contributed by atoms with Gasteiger partial charge in [0.1, 0.15) is 5.52 Å². The molecule has 1 saturated heterocycles.